The number of nitro groups is 1. The van der Waals surface area contributed by atoms with E-state index in [1.165, 1.54) is 11.3 Å². The molecule has 1 fully saturated rings. The van der Waals surface area contributed by atoms with Crippen molar-refractivity contribution in [1.82, 2.24) is 10.3 Å². The Hall–Kier alpha value is -2.73. The molecule has 2 aliphatic heterocycles. The number of nitro benzene ring substituents is 1. The van der Waals surface area contributed by atoms with E-state index in [0.29, 0.717) is 5.92 Å². The smallest absolute Gasteiger partial charge is 0.269 e. The van der Waals surface area contributed by atoms with Gasteiger partial charge in [0.15, 0.2) is 0 Å². The molecule has 2 aromatic carbocycles. The van der Waals surface area contributed by atoms with E-state index in [4.69, 9.17) is 0 Å². The van der Waals surface area contributed by atoms with E-state index in [-0.39, 0.29) is 16.7 Å². The van der Waals surface area contributed by atoms with E-state index in [2.05, 4.69) is 39.7 Å². The molecule has 6 nitrogen and oxygen atoms in total. The normalized spacial score (nSPS) is 22.8. The van der Waals surface area contributed by atoms with Gasteiger partial charge in [0.05, 0.1) is 11.0 Å². The fraction of sp³-hybridized carbons (Fsp3) is 0.316. The van der Waals surface area contributed by atoms with Gasteiger partial charge in [-0.15, -0.1) is 0 Å². The lowest BCUT2D eigenvalue weighted by atomic mass is 9.86. The van der Waals surface area contributed by atoms with Crippen molar-refractivity contribution in [3.63, 3.8) is 0 Å². The van der Waals surface area contributed by atoms with Crippen molar-refractivity contribution in [3.05, 3.63) is 75.8 Å². The van der Waals surface area contributed by atoms with Crippen LogP contribution in [0.1, 0.15) is 23.6 Å². The first-order valence-corrected chi connectivity index (χ1v) is 8.53. The number of piperidine rings is 1. The number of hydrogen-bond donors (Lipinski definition) is 1. The minimum Gasteiger partial charge on any atom is -0.302 e. The van der Waals surface area contributed by atoms with E-state index in [1.807, 2.05) is 18.2 Å². The van der Waals surface area contributed by atoms with Crippen LogP contribution in [0.4, 0.5) is 5.69 Å². The highest BCUT2D eigenvalue weighted by Gasteiger charge is 2.37. The number of hydrogen-bond acceptors (Lipinski definition) is 5. The van der Waals surface area contributed by atoms with Crippen LogP contribution in [0.25, 0.3) is 0 Å². The van der Waals surface area contributed by atoms with E-state index in [0.717, 1.165) is 31.6 Å². The first-order chi connectivity index (χ1) is 12.2. The van der Waals surface area contributed by atoms with Crippen molar-refractivity contribution in [2.75, 3.05) is 13.1 Å². The Kier molecular flexibility index (Phi) is 4.19. The molecule has 0 aromatic heterocycles. The third kappa shape index (κ3) is 3.25. The molecule has 2 aliphatic rings. The van der Waals surface area contributed by atoms with Gasteiger partial charge in [0, 0.05) is 49.8 Å². The molecule has 2 heterocycles. The number of nitrogens with one attached hydrogen (secondary N) is 1. The van der Waals surface area contributed by atoms with Gasteiger partial charge in [0.25, 0.3) is 5.69 Å². The Morgan fingerprint density at radius 2 is 1.92 bits per heavy atom. The summed E-state index contributed by atoms with van der Waals surface area (Å²) in [5.41, 5.74) is 6.95. The Morgan fingerprint density at radius 1 is 1.16 bits per heavy atom. The number of likely N-dealkylation sites (tertiary alicyclic amines) is 1. The second-order valence-corrected chi connectivity index (χ2v) is 6.64. The Labute approximate surface area is 146 Å². The Bertz CT molecular complexity index is 789. The summed E-state index contributed by atoms with van der Waals surface area (Å²) in [5.74, 6) is 0.318. The molecule has 0 aliphatic carbocycles. The second kappa shape index (κ2) is 6.64. The lowest BCUT2D eigenvalue weighted by molar-refractivity contribution is -0.384. The predicted molar refractivity (Wildman–Crippen MR) is 96.2 cm³/mol. The van der Waals surface area contributed by atoms with Gasteiger partial charge in [-0.05, 0) is 11.1 Å². The third-order valence-electron chi connectivity index (χ3n) is 5.03. The zero-order valence-electron chi connectivity index (χ0n) is 13.8. The first kappa shape index (κ1) is 15.8. The minimum absolute atomic E-state index is 0.0920. The van der Waals surface area contributed by atoms with E-state index < -0.39 is 0 Å². The topological polar surface area (TPSA) is 70.8 Å². The maximum atomic E-state index is 10.8. The van der Waals surface area contributed by atoms with Crippen LogP contribution in [0.2, 0.25) is 0 Å². The van der Waals surface area contributed by atoms with Crippen molar-refractivity contribution < 1.29 is 4.92 Å². The van der Waals surface area contributed by atoms with Gasteiger partial charge in [-0.1, -0.05) is 42.5 Å². The Balaban J connectivity index is 1.48. The van der Waals surface area contributed by atoms with Gasteiger partial charge < -0.3 is 5.43 Å². The van der Waals surface area contributed by atoms with Crippen LogP contribution in [-0.4, -0.2) is 28.6 Å². The van der Waals surface area contributed by atoms with E-state index in [1.54, 1.807) is 12.1 Å². The largest absolute Gasteiger partial charge is 0.302 e. The van der Waals surface area contributed by atoms with Gasteiger partial charge >= 0.3 is 0 Å². The average Bonchev–Trinajstić information content (AvgIpc) is 3.06. The summed E-state index contributed by atoms with van der Waals surface area (Å²) in [4.78, 5) is 12.9. The molecule has 2 unspecified atom stereocenters. The zero-order chi connectivity index (χ0) is 17.2. The molecule has 1 N–H and O–H groups in total. The first-order valence-electron chi connectivity index (χ1n) is 8.53. The van der Waals surface area contributed by atoms with Crippen molar-refractivity contribution in [2.24, 2.45) is 11.0 Å². The highest BCUT2D eigenvalue weighted by molar-refractivity contribution is 5.89. The highest BCUT2D eigenvalue weighted by atomic mass is 16.6. The summed E-state index contributed by atoms with van der Waals surface area (Å²) in [7, 11) is 0. The molecule has 128 valence electrons. The fourth-order valence-corrected chi connectivity index (χ4v) is 3.71. The number of rotatable bonds is 4. The quantitative estimate of drug-likeness (QED) is 0.688. The lowest BCUT2D eigenvalue weighted by Crippen LogP contribution is -2.41. The molecule has 0 amide bonds. The molecular weight excluding hydrogens is 316 g/mol. The van der Waals surface area contributed by atoms with Gasteiger partial charge in [-0.3, -0.25) is 15.0 Å². The van der Waals surface area contributed by atoms with Crippen molar-refractivity contribution in [3.8, 4) is 0 Å². The molecule has 6 heteroatoms. The van der Waals surface area contributed by atoms with Gasteiger partial charge in [0.2, 0.25) is 0 Å². The molecule has 25 heavy (non-hydrogen) atoms. The minimum atomic E-state index is -0.365. The van der Waals surface area contributed by atoms with E-state index >= 15 is 0 Å². The molecular formula is C19H20N4O2. The molecule has 0 saturated carbocycles. The van der Waals surface area contributed by atoms with Gasteiger partial charge in [0.1, 0.15) is 0 Å². The highest BCUT2D eigenvalue weighted by Crippen LogP contribution is 2.33. The number of nitrogens with zero attached hydrogens (tertiary/aromatic N) is 3. The van der Waals surface area contributed by atoms with Crippen LogP contribution in [0.15, 0.2) is 59.7 Å². The number of non-ortho nitro benzene ring substituents is 1. The maximum absolute atomic E-state index is 10.8. The van der Waals surface area contributed by atoms with Crippen molar-refractivity contribution >= 4 is 11.4 Å². The summed E-state index contributed by atoms with van der Waals surface area (Å²) in [6.45, 7) is 2.90. The zero-order valence-corrected chi connectivity index (χ0v) is 13.8. The van der Waals surface area contributed by atoms with Crippen molar-refractivity contribution in [1.29, 1.82) is 0 Å². The van der Waals surface area contributed by atoms with Crippen LogP contribution in [0, 0.1) is 16.0 Å². The number of fused-ring (bicyclic) bond motifs is 1. The second-order valence-electron chi connectivity index (χ2n) is 6.64. The molecule has 0 bridgehead atoms. The molecule has 0 radical (unpaired) electrons. The summed E-state index contributed by atoms with van der Waals surface area (Å²) in [6, 6.07) is 17.4. The monoisotopic (exact) mass is 336 g/mol. The van der Waals surface area contributed by atoms with E-state index in [9.17, 15) is 10.1 Å². The van der Waals surface area contributed by atoms with Crippen LogP contribution < -0.4 is 5.43 Å². The number of hydrazone groups is 1. The van der Waals surface area contributed by atoms with Gasteiger partial charge in [-0.25, -0.2) is 0 Å². The lowest BCUT2D eigenvalue weighted by Gasteiger charge is -2.33. The third-order valence-corrected chi connectivity index (χ3v) is 5.03. The molecule has 4 rings (SSSR count). The van der Waals surface area contributed by atoms with Crippen molar-refractivity contribution in [2.45, 2.75) is 19.0 Å². The van der Waals surface area contributed by atoms with Crippen LogP contribution in [0.5, 0.6) is 0 Å². The molecule has 1 saturated heterocycles. The molecule has 2 atom stereocenters. The predicted octanol–water partition coefficient (Wildman–Crippen LogP) is 3.12. The number of benzene rings is 2. The fourth-order valence-electron chi connectivity index (χ4n) is 3.71. The summed E-state index contributed by atoms with van der Waals surface area (Å²) in [6.07, 6.45) is 0.966. The molecule has 0 spiro atoms. The van der Waals surface area contributed by atoms with Crippen LogP contribution in [-0.2, 0) is 6.54 Å². The summed E-state index contributed by atoms with van der Waals surface area (Å²) in [5, 5.41) is 15.4. The maximum Gasteiger partial charge on any atom is 0.269 e. The SMILES string of the molecule is O=[N+]([O-])c1ccc(C2NN=C3CCN(Cc4ccccc4)CC32)cc1. The van der Waals surface area contributed by atoms with Crippen LogP contribution >= 0.6 is 0 Å². The summed E-state index contributed by atoms with van der Waals surface area (Å²) >= 11 is 0. The average molecular weight is 336 g/mol. The summed E-state index contributed by atoms with van der Waals surface area (Å²) < 4.78 is 0. The van der Waals surface area contributed by atoms with Gasteiger partial charge in [-0.2, -0.15) is 5.10 Å². The van der Waals surface area contributed by atoms with Crippen LogP contribution in [0.3, 0.4) is 0 Å². The molecule has 2 aromatic rings. The Morgan fingerprint density at radius 3 is 2.64 bits per heavy atom. The standard InChI is InChI=1S/C19H20N4O2/c24-23(25)16-8-6-15(7-9-16)19-17-13-22(11-10-18(17)20-21-19)12-14-4-2-1-3-5-14/h1-9,17,19,21H,10-13H2.